The van der Waals surface area contributed by atoms with Gasteiger partial charge in [-0.3, -0.25) is 9.78 Å². The van der Waals surface area contributed by atoms with Gasteiger partial charge in [0.25, 0.3) is 5.91 Å². The fourth-order valence-electron chi connectivity index (χ4n) is 2.31. The van der Waals surface area contributed by atoms with Crippen LogP contribution in [0.1, 0.15) is 10.5 Å². The van der Waals surface area contributed by atoms with Gasteiger partial charge in [0.15, 0.2) is 0 Å². The summed E-state index contributed by atoms with van der Waals surface area (Å²) in [5, 5.41) is 15.5. The molecule has 0 saturated carbocycles. The van der Waals surface area contributed by atoms with Crippen molar-refractivity contribution in [1.29, 1.82) is 0 Å². The number of nitrogens with one attached hydrogen (secondary N) is 2. The van der Waals surface area contributed by atoms with E-state index in [4.69, 9.17) is 0 Å². The predicted molar refractivity (Wildman–Crippen MR) is 74.2 cm³/mol. The second kappa shape index (κ2) is 5.52. The van der Waals surface area contributed by atoms with E-state index in [0.29, 0.717) is 30.8 Å². The maximum Gasteiger partial charge on any atom is 0.271 e. The molecule has 0 radical (unpaired) electrons. The standard InChI is InChI=1S/C14H16N4O2/c19-13-8-15-5-9(13)6-17-14(20)12-7-16-10-3-1-2-4-11(10)18-12/h1-4,7,9,13,15,19H,5-6,8H2,(H,17,20). The molecular weight excluding hydrogens is 256 g/mol. The molecule has 3 rings (SSSR count). The van der Waals surface area contributed by atoms with Crippen molar-refractivity contribution in [3.63, 3.8) is 0 Å². The average Bonchev–Trinajstić information content (AvgIpc) is 2.89. The number of carbonyl (C=O) groups excluding carboxylic acids is 1. The van der Waals surface area contributed by atoms with Crippen LogP contribution in [0.3, 0.4) is 0 Å². The van der Waals surface area contributed by atoms with Gasteiger partial charge in [-0.15, -0.1) is 0 Å². The molecule has 104 valence electrons. The van der Waals surface area contributed by atoms with Crippen molar-refractivity contribution in [2.75, 3.05) is 19.6 Å². The first-order chi connectivity index (χ1) is 9.74. The number of para-hydroxylation sites is 2. The summed E-state index contributed by atoms with van der Waals surface area (Å²) in [6.07, 6.45) is 1.07. The Hall–Kier alpha value is -2.05. The highest BCUT2D eigenvalue weighted by Gasteiger charge is 2.25. The van der Waals surface area contributed by atoms with Gasteiger partial charge >= 0.3 is 0 Å². The number of β-amino-alcohol motifs (C(OH)–C–C–N with tert-alkyl or cyclic N) is 1. The van der Waals surface area contributed by atoms with E-state index >= 15 is 0 Å². The van der Waals surface area contributed by atoms with Gasteiger partial charge in [0.05, 0.1) is 23.3 Å². The topological polar surface area (TPSA) is 87.1 Å². The van der Waals surface area contributed by atoms with E-state index in [1.165, 1.54) is 6.20 Å². The van der Waals surface area contributed by atoms with Crippen LogP contribution < -0.4 is 10.6 Å². The Kier molecular flexibility index (Phi) is 3.58. The number of benzene rings is 1. The lowest BCUT2D eigenvalue weighted by molar-refractivity contribution is 0.0922. The van der Waals surface area contributed by atoms with E-state index in [-0.39, 0.29) is 11.8 Å². The Morgan fingerprint density at radius 2 is 2.15 bits per heavy atom. The van der Waals surface area contributed by atoms with Gasteiger partial charge in [0.2, 0.25) is 0 Å². The molecule has 1 fully saturated rings. The van der Waals surface area contributed by atoms with Gasteiger partial charge in [0, 0.05) is 25.6 Å². The molecule has 3 N–H and O–H groups in total. The summed E-state index contributed by atoms with van der Waals surface area (Å²) in [6.45, 7) is 1.72. The van der Waals surface area contributed by atoms with Crippen molar-refractivity contribution in [2.45, 2.75) is 6.10 Å². The molecule has 6 heteroatoms. The molecule has 1 aliphatic rings. The van der Waals surface area contributed by atoms with Crippen LogP contribution >= 0.6 is 0 Å². The molecule has 2 atom stereocenters. The van der Waals surface area contributed by atoms with Gasteiger partial charge in [-0.05, 0) is 12.1 Å². The Morgan fingerprint density at radius 3 is 2.90 bits per heavy atom. The third-order valence-corrected chi connectivity index (χ3v) is 3.51. The molecule has 1 amide bonds. The van der Waals surface area contributed by atoms with Crippen LogP contribution in [0, 0.1) is 5.92 Å². The van der Waals surface area contributed by atoms with Gasteiger partial charge in [0.1, 0.15) is 5.69 Å². The summed E-state index contributed by atoms with van der Waals surface area (Å²) in [6, 6.07) is 7.42. The molecule has 0 spiro atoms. The smallest absolute Gasteiger partial charge is 0.271 e. The van der Waals surface area contributed by atoms with Crippen molar-refractivity contribution < 1.29 is 9.90 Å². The van der Waals surface area contributed by atoms with Crippen LogP contribution in [0.15, 0.2) is 30.5 Å². The van der Waals surface area contributed by atoms with Gasteiger partial charge in [-0.1, -0.05) is 12.1 Å². The molecule has 20 heavy (non-hydrogen) atoms. The SMILES string of the molecule is O=C(NCC1CNCC1O)c1cnc2ccccc2n1. The van der Waals surface area contributed by atoms with Crippen molar-refractivity contribution >= 4 is 16.9 Å². The van der Waals surface area contributed by atoms with Crippen LogP contribution in [0.25, 0.3) is 11.0 Å². The van der Waals surface area contributed by atoms with Crippen LogP contribution in [0.4, 0.5) is 0 Å². The lowest BCUT2D eigenvalue weighted by atomic mass is 10.1. The number of amides is 1. The largest absolute Gasteiger partial charge is 0.391 e. The Bertz CT molecular complexity index is 631. The number of hydrogen-bond acceptors (Lipinski definition) is 5. The maximum atomic E-state index is 12.0. The van der Waals surface area contributed by atoms with Crippen molar-refractivity contribution in [1.82, 2.24) is 20.6 Å². The first-order valence-corrected chi connectivity index (χ1v) is 6.63. The van der Waals surface area contributed by atoms with Crippen LogP contribution in [-0.4, -0.2) is 46.7 Å². The number of rotatable bonds is 3. The van der Waals surface area contributed by atoms with E-state index in [2.05, 4.69) is 20.6 Å². The summed E-state index contributed by atoms with van der Waals surface area (Å²) < 4.78 is 0. The van der Waals surface area contributed by atoms with Crippen LogP contribution in [-0.2, 0) is 0 Å². The summed E-state index contributed by atoms with van der Waals surface area (Å²) >= 11 is 0. The summed E-state index contributed by atoms with van der Waals surface area (Å²) in [5.41, 5.74) is 1.76. The number of hydrogen-bond donors (Lipinski definition) is 3. The van der Waals surface area contributed by atoms with Crippen LogP contribution in [0.5, 0.6) is 0 Å². The zero-order valence-corrected chi connectivity index (χ0v) is 10.9. The molecule has 6 nitrogen and oxygen atoms in total. The highest BCUT2D eigenvalue weighted by molar-refractivity contribution is 5.93. The minimum atomic E-state index is -0.405. The van der Waals surface area contributed by atoms with Gasteiger partial charge in [-0.25, -0.2) is 4.98 Å². The van der Waals surface area contributed by atoms with Crippen molar-refractivity contribution in [3.8, 4) is 0 Å². The van der Waals surface area contributed by atoms with E-state index in [1.807, 2.05) is 24.3 Å². The molecule has 0 bridgehead atoms. The van der Waals surface area contributed by atoms with E-state index < -0.39 is 6.10 Å². The zero-order chi connectivity index (χ0) is 13.9. The summed E-state index contributed by atoms with van der Waals surface area (Å²) in [5.74, 6) is -0.213. The number of aliphatic hydroxyl groups excluding tert-OH is 1. The maximum absolute atomic E-state index is 12.0. The fraction of sp³-hybridized carbons (Fsp3) is 0.357. The minimum Gasteiger partial charge on any atom is -0.391 e. The molecule has 1 aromatic heterocycles. The third kappa shape index (κ3) is 2.61. The van der Waals surface area contributed by atoms with Crippen molar-refractivity contribution in [3.05, 3.63) is 36.2 Å². The monoisotopic (exact) mass is 272 g/mol. The Morgan fingerprint density at radius 1 is 1.35 bits per heavy atom. The first-order valence-electron chi connectivity index (χ1n) is 6.63. The predicted octanol–water partition coefficient (Wildman–Crippen LogP) is -0.0601. The summed E-state index contributed by atoms with van der Waals surface area (Å²) in [7, 11) is 0. The number of fused-ring (bicyclic) bond motifs is 1. The van der Waals surface area contributed by atoms with Crippen LogP contribution in [0.2, 0.25) is 0 Å². The van der Waals surface area contributed by atoms with E-state index in [9.17, 15) is 9.90 Å². The number of aromatic nitrogens is 2. The quantitative estimate of drug-likeness (QED) is 0.728. The van der Waals surface area contributed by atoms with Gasteiger partial charge in [-0.2, -0.15) is 0 Å². The molecule has 2 aromatic rings. The highest BCUT2D eigenvalue weighted by atomic mass is 16.3. The molecule has 1 saturated heterocycles. The second-order valence-electron chi connectivity index (χ2n) is 4.94. The minimum absolute atomic E-state index is 0.0485. The zero-order valence-electron chi connectivity index (χ0n) is 10.9. The molecule has 0 aliphatic carbocycles. The molecule has 1 aromatic carbocycles. The summed E-state index contributed by atoms with van der Waals surface area (Å²) in [4.78, 5) is 20.5. The lowest BCUT2D eigenvalue weighted by Gasteiger charge is -2.13. The lowest BCUT2D eigenvalue weighted by Crippen LogP contribution is -2.34. The van der Waals surface area contributed by atoms with Gasteiger partial charge < -0.3 is 15.7 Å². The third-order valence-electron chi connectivity index (χ3n) is 3.51. The Labute approximate surface area is 116 Å². The van der Waals surface area contributed by atoms with E-state index in [0.717, 1.165) is 5.52 Å². The first kappa shape index (κ1) is 13.0. The fourth-order valence-corrected chi connectivity index (χ4v) is 2.31. The average molecular weight is 272 g/mol. The second-order valence-corrected chi connectivity index (χ2v) is 4.94. The molecule has 1 aliphatic heterocycles. The van der Waals surface area contributed by atoms with E-state index in [1.54, 1.807) is 0 Å². The number of aliphatic hydroxyl groups is 1. The molecule has 2 heterocycles. The Balaban J connectivity index is 1.69. The highest BCUT2D eigenvalue weighted by Crippen LogP contribution is 2.10. The molecule has 2 unspecified atom stereocenters. The normalized spacial score (nSPS) is 22.1. The number of carbonyl (C=O) groups is 1. The van der Waals surface area contributed by atoms with Crippen molar-refractivity contribution in [2.24, 2.45) is 5.92 Å². The molecular formula is C14H16N4O2. The number of nitrogens with zero attached hydrogens (tertiary/aromatic N) is 2.